The van der Waals surface area contributed by atoms with Crippen LogP contribution in [0.2, 0.25) is 0 Å². The minimum atomic E-state index is 0.0687. The molecule has 1 aliphatic rings. The third kappa shape index (κ3) is 4.48. The van der Waals surface area contributed by atoms with Gasteiger partial charge in [-0.2, -0.15) is 0 Å². The van der Waals surface area contributed by atoms with Crippen LogP contribution < -0.4 is 4.46 Å². The predicted molar refractivity (Wildman–Crippen MR) is 97.9 cm³/mol. The Morgan fingerprint density at radius 1 is 1.17 bits per heavy atom. The molecular weight excluding hydrogens is 419 g/mol. The first-order valence-corrected chi connectivity index (χ1v) is 10.4. The summed E-state index contributed by atoms with van der Waals surface area (Å²) in [5, 5.41) is 0. The van der Waals surface area contributed by atoms with E-state index in [0.717, 1.165) is 16.7 Å². The molecule has 120 valence electrons. The first-order valence-electron chi connectivity index (χ1n) is 7.71. The average molecular weight is 438 g/mol. The monoisotopic (exact) mass is 438 g/mol. The molecule has 2 aromatic carbocycles. The number of ether oxygens (including phenoxy) is 2. The third-order valence-corrected chi connectivity index (χ3v) is 6.09. The average Bonchev–Trinajstić information content (AvgIpc) is 2.98. The van der Waals surface area contributed by atoms with Crippen LogP contribution in [-0.4, -0.2) is 27.7 Å². The molecule has 1 aliphatic heterocycles. The van der Waals surface area contributed by atoms with Crippen LogP contribution in [0.5, 0.6) is 0 Å². The summed E-state index contributed by atoms with van der Waals surface area (Å²) in [4.78, 5) is 2.22. The van der Waals surface area contributed by atoms with Crippen LogP contribution in [0.1, 0.15) is 25.0 Å². The van der Waals surface area contributed by atoms with Crippen LogP contribution in [0.15, 0.2) is 69.8 Å². The topological polar surface area (TPSA) is 18.5 Å². The van der Waals surface area contributed by atoms with E-state index < -0.39 is 0 Å². The Balaban J connectivity index is 1.74. The van der Waals surface area contributed by atoms with E-state index in [0.29, 0.717) is 6.61 Å². The van der Waals surface area contributed by atoms with Gasteiger partial charge in [-0.25, -0.2) is 0 Å². The SMILES string of the molecule is CCO[C@@H]1C[C@@H](c2ccc(Br)cc2)O/C1=C\[Se]c1ccccc1. The van der Waals surface area contributed by atoms with E-state index in [1.165, 1.54) is 10.0 Å². The quantitative estimate of drug-likeness (QED) is 0.653. The van der Waals surface area contributed by atoms with Crippen molar-refractivity contribution >= 4 is 35.3 Å². The molecule has 3 rings (SSSR count). The van der Waals surface area contributed by atoms with Gasteiger partial charge >= 0.3 is 152 Å². The Morgan fingerprint density at radius 3 is 2.61 bits per heavy atom. The van der Waals surface area contributed by atoms with Crippen molar-refractivity contribution < 1.29 is 9.47 Å². The van der Waals surface area contributed by atoms with Gasteiger partial charge in [0.25, 0.3) is 0 Å². The van der Waals surface area contributed by atoms with Gasteiger partial charge in [-0.05, 0) is 0 Å². The van der Waals surface area contributed by atoms with Gasteiger partial charge in [0.05, 0.1) is 0 Å². The minimum absolute atomic E-state index is 0.0687. The fourth-order valence-electron chi connectivity index (χ4n) is 2.56. The zero-order valence-corrected chi connectivity index (χ0v) is 16.2. The van der Waals surface area contributed by atoms with Crippen LogP contribution in [0.4, 0.5) is 0 Å². The summed E-state index contributed by atoms with van der Waals surface area (Å²) in [6.07, 6.45) is 1.03. The molecule has 1 fully saturated rings. The normalized spacial score (nSPS) is 22.3. The van der Waals surface area contributed by atoms with Crippen LogP contribution in [-0.2, 0) is 9.47 Å². The molecule has 4 heteroatoms. The number of benzene rings is 2. The van der Waals surface area contributed by atoms with E-state index in [1.54, 1.807) is 0 Å². The van der Waals surface area contributed by atoms with Gasteiger partial charge in [0.1, 0.15) is 0 Å². The van der Waals surface area contributed by atoms with Crippen LogP contribution in [0, 0.1) is 0 Å². The van der Waals surface area contributed by atoms with Crippen molar-refractivity contribution in [3.63, 3.8) is 0 Å². The van der Waals surface area contributed by atoms with Crippen molar-refractivity contribution in [2.24, 2.45) is 0 Å². The molecule has 0 radical (unpaired) electrons. The second kappa shape index (κ2) is 8.16. The molecule has 0 unspecified atom stereocenters. The molecule has 1 heterocycles. The Labute approximate surface area is 152 Å². The number of hydrogen-bond acceptors (Lipinski definition) is 2. The molecular formula is C19H19BrO2Se. The van der Waals surface area contributed by atoms with Gasteiger partial charge in [-0.3, -0.25) is 0 Å². The molecule has 0 aromatic heterocycles. The van der Waals surface area contributed by atoms with E-state index >= 15 is 0 Å². The molecule has 2 aromatic rings. The summed E-state index contributed by atoms with van der Waals surface area (Å²) in [5.74, 6) is 0.989. The second-order valence-corrected chi connectivity index (χ2v) is 8.18. The fraction of sp³-hybridized carbons (Fsp3) is 0.263. The number of hydrogen-bond donors (Lipinski definition) is 0. The molecule has 0 saturated carbocycles. The first kappa shape index (κ1) is 16.8. The molecule has 1 saturated heterocycles. The molecule has 0 amide bonds. The summed E-state index contributed by atoms with van der Waals surface area (Å²) >= 11 is 3.74. The molecule has 2 atom stereocenters. The number of halogens is 1. The zero-order valence-electron chi connectivity index (χ0n) is 12.9. The van der Waals surface area contributed by atoms with Crippen molar-refractivity contribution in [1.29, 1.82) is 0 Å². The van der Waals surface area contributed by atoms with Crippen molar-refractivity contribution in [2.45, 2.75) is 25.6 Å². The van der Waals surface area contributed by atoms with E-state index in [4.69, 9.17) is 9.47 Å². The van der Waals surface area contributed by atoms with Gasteiger partial charge in [0.2, 0.25) is 0 Å². The Hall–Kier alpha value is -1.06. The standard InChI is InChI=1S/C19H19BrO2Se/c1-2-21-18-12-17(14-8-10-15(20)11-9-14)22-19(18)13-23-16-6-4-3-5-7-16/h3-11,13,17-18H,2,12H2,1H3/b19-13-/t17-,18+/m0/s1. The summed E-state index contributed by atoms with van der Waals surface area (Å²) in [7, 11) is 0. The first-order chi connectivity index (χ1) is 11.3. The number of rotatable bonds is 5. The second-order valence-electron chi connectivity index (χ2n) is 5.29. The Kier molecular flexibility index (Phi) is 5.96. The van der Waals surface area contributed by atoms with E-state index in [9.17, 15) is 0 Å². The predicted octanol–water partition coefficient (Wildman–Crippen LogP) is 4.19. The molecule has 0 N–H and O–H groups in total. The van der Waals surface area contributed by atoms with Crippen LogP contribution in [0.25, 0.3) is 0 Å². The molecule has 0 bridgehead atoms. The van der Waals surface area contributed by atoms with Crippen molar-refractivity contribution in [1.82, 2.24) is 0 Å². The van der Waals surface area contributed by atoms with Gasteiger partial charge in [0, 0.05) is 0 Å². The van der Waals surface area contributed by atoms with Crippen LogP contribution in [0.3, 0.4) is 0 Å². The van der Waals surface area contributed by atoms with Crippen molar-refractivity contribution in [3.05, 3.63) is 75.4 Å². The molecule has 2 nitrogen and oxygen atoms in total. The van der Waals surface area contributed by atoms with E-state index in [1.807, 2.05) is 13.0 Å². The summed E-state index contributed by atoms with van der Waals surface area (Å²) in [6.45, 7) is 2.74. The van der Waals surface area contributed by atoms with Crippen LogP contribution >= 0.6 is 15.9 Å². The third-order valence-electron chi connectivity index (χ3n) is 3.69. The summed E-state index contributed by atoms with van der Waals surface area (Å²) in [5.41, 5.74) is 1.20. The van der Waals surface area contributed by atoms with Gasteiger partial charge in [-0.15, -0.1) is 0 Å². The zero-order chi connectivity index (χ0) is 16.1. The molecule has 0 spiro atoms. The van der Waals surface area contributed by atoms with Gasteiger partial charge in [0.15, 0.2) is 0 Å². The maximum atomic E-state index is 6.21. The maximum absolute atomic E-state index is 6.21. The Morgan fingerprint density at radius 2 is 1.91 bits per heavy atom. The summed E-state index contributed by atoms with van der Waals surface area (Å²) in [6, 6.07) is 18.9. The van der Waals surface area contributed by atoms with Crippen molar-refractivity contribution in [2.75, 3.05) is 6.61 Å². The molecule has 0 aliphatic carbocycles. The summed E-state index contributed by atoms with van der Waals surface area (Å²) < 4.78 is 14.5. The van der Waals surface area contributed by atoms with Crippen molar-refractivity contribution in [3.8, 4) is 0 Å². The van der Waals surface area contributed by atoms with E-state index in [2.05, 4.69) is 69.4 Å². The molecule has 23 heavy (non-hydrogen) atoms. The Bertz CT molecular complexity index is 655. The van der Waals surface area contributed by atoms with E-state index in [-0.39, 0.29) is 27.2 Å². The van der Waals surface area contributed by atoms with Gasteiger partial charge in [-0.1, -0.05) is 0 Å². The fourth-order valence-corrected chi connectivity index (χ4v) is 4.45. The van der Waals surface area contributed by atoms with Gasteiger partial charge < -0.3 is 0 Å².